The molecule has 3 aromatic carbocycles. The molecule has 0 radical (unpaired) electrons. The van der Waals surface area contributed by atoms with Gasteiger partial charge in [-0.05, 0) is 61.4 Å². The Bertz CT molecular complexity index is 1660. The second-order valence-electron chi connectivity index (χ2n) is 8.80. The summed E-state index contributed by atoms with van der Waals surface area (Å²) in [5, 5.41) is -0.0468. The van der Waals surface area contributed by atoms with Gasteiger partial charge in [0.15, 0.2) is 17.2 Å². The molecule has 0 saturated heterocycles. The normalized spacial score (nSPS) is 11.9. The zero-order valence-corrected chi connectivity index (χ0v) is 22.2. The number of aryl methyl sites for hydroxylation is 2. The van der Waals surface area contributed by atoms with E-state index < -0.39 is 27.9 Å². The monoisotopic (exact) mass is 562 g/mol. The van der Waals surface area contributed by atoms with E-state index in [4.69, 9.17) is 9.47 Å². The Labute approximate surface area is 222 Å². The van der Waals surface area contributed by atoms with E-state index in [0.717, 1.165) is 11.6 Å². The number of aromatic amines is 1. The molecule has 1 heterocycles. The standard InChI is InChI=1S/C27H25F3N2O6S/c1-15-5-10-23(16(2)11-15)39(34,35)32-26-18-14-24(27(28,29)30)31-19(18)7-9-21(26)38-20-8-6-17(12-22(20)36-3)13-25(33)37-4/h5-12,14,31-32H,13H2,1-4H3. The first-order chi connectivity index (χ1) is 18.3. The van der Waals surface area contributed by atoms with Gasteiger partial charge >= 0.3 is 12.1 Å². The molecule has 0 unspecified atom stereocenters. The van der Waals surface area contributed by atoms with Gasteiger partial charge in [-0.2, -0.15) is 13.2 Å². The van der Waals surface area contributed by atoms with E-state index in [2.05, 4.69) is 14.4 Å². The molecular weight excluding hydrogens is 537 g/mol. The Hall–Kier alpha value is -4.19. The van der Waals surface area contributed by atoms with Crippen molar-refractivity contribution in [2.24, 2.45) is 0 Å². The summed E-state index contributed by atoms with van der Waals surface area (Å²) >= 11 is 0. The van der Waals surface area contributed by atoms with E-state index in [9.17, 15) is 26.4 Å². The lowest BCUT2D eigenvalue weighted by atomic mass is 10.1. The molecule has 8 nitrogen and oxygen atoms in total. The molecule has 0 aliphatic carbocycles. The first kappa shape index (κ1) is 27.8. The lowest BCUT2D eigenvalue weighted by molar-refractivity contribution is -0.141. The van der Waals surface area contributed by atoms with Crippen LogP contribution in [0.4, 0.5) is 18.9 Å². The third-order valence-electron chi connectivity index (χ3n) is 5.95. The highest BCUT2D eigenvalue weighted by atomic mass is 32.2. The van der Waals surface area contributed by atoms with Gasteiger partial charge in [0, 0.05) is 10.9 Å². The number of aromatic nitrogens is 1. The SMILES string of the molecule is COC(=O)Cc1ccc(Oc2ccc3[nH]c(C(F)(F)F)cc3c2NS(=O)(=O)c2ccc(C)cc2C)c(OC)c1. The number of alkyl halides is 3. The van der Waals surface area contributed by atoms with Crippen LogP contribution in [0.1, 0.15) is 22.4 Å². The van der Waals surface area contributed by atoms with Crippen LogP contribution in [-0.2, 0) is 32.2 Å². The highest BCUT2D eigenvalue weighted by Crippen LogP contribution is 2.42. The van der Waals surface area contributed by atoms with Crippen LogP contribution in [0.3, 0.4) is 0 Å². The minimum atomic E-state index is -4.69. The summed E-state index contributed by atoms with van der Waals surface area (Å²) in [6, 6.07) is 12.9. The van der Waals surface area contributed by atoms with Crippen LogP contribution in [0.15, 0.2) is 59.5 Å². The van der Waals surface area contributed by atoms with E-state index in [0.29, 0.717) is 11.1 Å². The smallest absolute Gasteiger partial charge is 0.431 e. The zero-order chi connectivity index (χ0) is 28.5. The predicted octanol–water partition coefficient (Wildman–Crippen LogP) is 6.12. The van der Waals surface area contributed by atoms with Gasteiger partial charge in [0.2, 0.25) is 0 Å². The first-order valence-corrected chi connectivity index (χ1v) is 13.1. The van der Waals surface area contributed by atoms with E-state index in [1.165, 1.54) is 38.5 Å². The maximum Gasteiger partial charge on any atom is 0.431 e. The number of esters is 1. The van der Waals surface area contributed by atoms with Crippen molar-refractivity contribution in [2.75, 3.05) is 18.9 Å². The molecular formula is C27H25F3N2O6S. The van der Waals surface area contributed by atoms with Gasteiger partial charge in [0.05, 0.1) is 25.5 Å². The predicted molar refractivity (Wildman–Crippen MR) is 139 cm³/mol. The fourth-order valence-electron chi connectivity index (χ4n) is 4.08. The van der Waals surface area contributed by atoms with Crippen LogP contribution in [0.5, 0.6) is 17.2 Å². The molecule has 0 saturated carbocycles. The van der Waals surface area contributed by atoms with Crippen molar-refractivity contribution in [3.8, 4) is 17.2 Å². The fourth-order valence-corrected chi connectivity index (χ4v) is 5.40. The number of H-pyrrole nitrogens is 1. The number of ether oxygens (including phenoxy) is 3. The van der Waals surface area contributed by atoms with Crippen molar-refractivity contribution >= 4 is 32.6 Å². The summed E-state index contributed by atoms with van der Waals surface area (Å²) in [4.78, 5) is 13.9. The lowest BCUT2D eigenvalue weighted by Gasteiger charge is -2.17. The zero-order valence-electron chi connectivity index (χ0n) is 21.4. The second-order valence-corrected chi connectivity index (χ2v) is 10.4. The highest BCUT2D eigenvalue weighted by molar-refractivity contribution is 7.92. The molecule has 0 bridgehead atoms. The number of carbonyl (C=O) groups excluding carboxylic acids is 1. The number of fused-ring (bicyclic) bond motifs is 1. The quantitative estimate of drug-likeness (QED) is 0.251. The molecule has 0 aliphatic rings. The molecule has 206 valence electrons. The highest BCUT2D eigenvalue weighted by Gasteiger charge is 2.33. The molecule has 12 heteroatoms. The van der Waals surface area contributed by atoms with Crippen molar-refractivity contribution in [3.63, 3.8) is 0 Å². The van der Waals surface area contributed by atoms with Gasteiger partial charge < -0.3 is 19.2 Å². The number of sulfonamides is 1. The average Bonchev–Trinajstić information content (AvgIpc) is 3.31. The molecule has 0 fully saturated rings. The summed E-state index contributed by atoms with van der Waals surface area (Å²) in [5.74, 6) is -0.177. The number of halogens is 3. The third-order valence-corrected chi connectivity index (χ3v) is 7.46. The van der Waals surface area contributed by atoms with Gasteiger partial charge in [-0.25, -0.2) is 8.42 Å². The summed E-state index contributed by atoms with van der Waals surface area (Å²) in [5.41, 5.74) is 0.684. The minimum Gasteiger partial charge on any atom is -0.493 e. The van der Waals surface area contributed by atoms with E-state index in [1.54, 1.807) is 31.2 Å². The molecule has 2 N–H and O–H groups in total. The number of carbonyl (C=O) groups is 1. The van der Waals surface area contributed by atoms with Gasteiger partial charge in [0.1, 0.15) is 11.4 Å². The van der Waals surface area contributed by atoms with Gasteiger partial charge in [-0.15, -0.1) is 0 Å². The van der Waals surface area contributed by atoms with Crippen LogP contribution < -0.4 is 14.2 Å². The molecule has 4 aromatic rings. The van der Waals surface area contributed by atoms with E-state index in [1.807, 2.05) is 6.92 Å². The van der Waals surface area contributed by atoms with Crippen molar-refractivity contribution in [1.29, 1.82) is 0 Å². The number of benzene rings is 3. The fraction of sp³-hybridized carbons (Fsp3) is 0.222. The van der Waals surface area contributed by atoms with Gasteiger partial charge in [-0.3, -0.25) is 9.52 Å². The molecule has 0 atom stereocenters. The maximum atomic E-state index is 13.5. The first-order valence-electron chi connectivity index (χ1n) is 11.6. The maximum absolute atomic E-state index is 13.5. The molecule has 0 spiro atoms. The Morgan fingerprint density at radius 1 is 0.949 bits per heavy atom. The number of nitrogens with one attached hydrogen (secondary N) is 2. The van der Waals surface area contributed by atoms with E-state index >= 15 is 0 Å². The Balaban J connectivity index is 1.83. The Morgan fingerprint density at radius 3 is 2.31 bits per heavy atom. The number of hydrogen-bond acceptors (Lipinski definition) is 6. The Kier molecular flexibility index (Phi) is 7.51. The van der Waals surface area contributed by atoms with Crippen molar-refractivity contribution < 1.29 is 40.6 Å². The molecule has 4 rings (SSSR count). The van der Waals surface area contributed by atoms with Crippen LogP contribution >= 0.6 is 0 Å². The van der Waals surface area contributed by atoms with Gasteiger partial charge in [0.25, 0.3) is 10.0 Å². The van der Waals surface area contributed by atoms with Crippen molar-refractivity contribution in [2.45, 2.75) is 31.3 Å². The van der Waals surface area contributed by atoms with E-state index in [-0.39, 0.29) is 45.2 Å². The lowest BCUT2D eigenvalue weighted by Crippen LogP contribution is -2.15. The van der Waals surface area contributed by atoms with Gasteiger partial charge in [-0.1, -0.05) is 23.8 Å². The number of hydrogen-bond donors (Lipinski definition) is 2. The molecule has 0 amide bonds. The van der Waals surface area contributed by atoms with Crippen LogP contribution in [-0.4, -0.2) is 33.6 Å². The number of rotatable bonds is 8. The third kappa shape index (κ3) is 5.95. The summed E-state index contributed by atoms with van der Waals surface area (Å²) in [6.45, 7) is 3.43. The topological polar surface area (TPSA) is 107 Å². The summed E-state index contributed by atoms with van der Waals surface area (Å²) in [7, 11) is -1.60. The molecule has 0 aliphatic heterocycles. The van der Waals surface area contributed by atoms with Crippen molar-refractivity contribution in [3.05, 3.63) is 77.0 Å². The molecule has 39 heavy (non-hydrogen) atoms. The number of methoxy groups -OCH3 is 2. The van der Waals surface area contributed by atoms with Crippen LogP contribution in [0.25, 0.3) is 10.9 Å². The largest absolute Gasteiger partial charge is 0.493 e. The second kappa shape index (κ2) is 10.5. The summed E-state index contributed by atoms with van der Waals surface area (Å²) < 4.78 is 85.8. The molecule has 1 aromatic heterocycles. The minimum absolute atomic E-state index is 0.0242. The number of anilines is 1. The van der Waals surface area contributed by atoms with Crippen LogP contribution in [0, 0.1) is 13.8 Å². The average molecular weight is 563 g/mol. The van der Waals surface area contributed by atoms with Crippen LogP contribution in [0.2, 0.25) is 0 Å². The summed E-state index contributed by atoms with van der Waals surface area (Å²) in [6.07, 6.45) is -4.72. The Morgan fingerprint density at radius 2 is 1.67 bits per heavy atom. The van der Waals surface area contributed by atoms with Crippen molar-refractivity contribution in [1.82, 2.24) is 4.98 Å².